The summed E-state index contributed by atoms with van der Waals surface area (Å²) in [4.78, 5) is 11.8. The minimum absolute atomic E-state index is 0.0220. The van der Waals surface area contributed by atoms with Crippen LogP contribution in [0, 0.1) is 10.1 Å². The zero-order valence-electron chi connectivity index (χ0n) is 8.67. The van der Waals surface area contributed by atoms with E-state index in [2.05, 4.69) is 0 Å². The van der Waals surface area contributed by atoms with Gasteiger partial charge >= 0.3 is 0 Å². The van der Waals surface area contributed by atoms with Crippen LogP contribution in [0.3, 0.4) is 0 Å². The van der Waals surface area contributed by atoms with Crippen LogP contribution in [0.15, 0.2) is 11.4 Å². The summed E-state index contributed by atoms with van der Waals surface area (Å²) in [5.41, 5.74) is -1.24. The third-order valence-electron chi connectivity index (χ3n) is 3.04. The molecule has 0 saturated heterocycles. The molecule has 0 saturated carbocycles. The van der Waals surface area contributed by atoms with Gasteiger partial charge in [-0.15, -0.1) is 0 Å². The van der Waals surface area contributed by atoms with Crippen molar-refractivity contribution >= 4 is 0 Å². The van der Waals surface area contributed by atoms with Gasteiger partial charge in [-0.2, -0.15) is 0 Å². The monoisotopic (exact) mass is 214 g/mol. The van der Waals surface area contributed by atoms with Gasteiger partial charge in [0.15, 0.2) is 0 Å². The highest BCUT2D eigenvalue weighted by Gasteiger charge is 2.55. The van der Waals surface area contributed by atoms with E-state index in [-0.39, 0.29) is 11.4 Å². The highest BCUT2D eigenvalue weighted by Crippen LogP contribution is 2.40. The van der Waals surface area contributed by atoms with E-state index in [4.69, 9.17) is 0 Å². The summed E-state index contributed by atoms with van der Waals surface area (Å²) in [5, 5.41) is 31.6. The molecule has 0 amide bonds. The zero-order valence-corrected chi connectivity index (χ0v) is 8.67. The molecular formula is C9H14N2O4. The SMILES string of the molecule is CC1(C)N([O-])C2=C(C(O)CCC2O)[N+]1=O. The van der Waals surface area contributed by atoms with Gasteiger partial charge in [-0.3, -0.25) is 0 Å². The number of rotatable bonds is 0. The molecule has 1 aliphatic heterocycles. The Morgan fingerprint density at radius 1 is 1.40 bits per heavy atom. The van der Waals surface area contributed by atoms with Gasteiger partial charge in [0.2, 0.25) is 0 Å². The van der Waals surface area contributed by atoms with Crippen LogP contribution < -0.4 is 0 Å². The summed E-state index contributed by atoms with van der Waals surface area (Å²) in [6.07, 6.45) is -1.27. The second-order valence-electron chi connectivity index (χ2n) is 4.46. The Morgan fingerprint density at radius 2 is 1.93 bits per heavy atom. The van der Waals surface area contributed by atoms with Crippen molar-refractivity contribution in [3.05, 3.63) is 21.5 Å². The van der Waals surface area contributed by atoms with Crippen molar-refractivity contribution in [3.8, 4) is 0 Å². The molecule has 2 rings (SSSR count). The van der Waals surface area contributed by atoms with E-state index in [0.717, 1.165) is 0 Å². The molecule has 0 bridgehead atoms. The van der Waals surface area contributed by atoms with Gasteiger partial charge in [0, 0.05) is 18.8 Å². The fourth-order valence-electron chi connectivity index (χ4n) is 2.08. The number of nitrogens with zero attached hydrogens (tertiary/aromatic N) is 2. The first kappa shape index (κ1) is 10.5. The van der Waals surface area contributed by atoms with Crippen molar-refractivity contribution in [1.82, 2.24) is 5.06 Å². The predicted molar refractivity (Wildman–Crippen MR) is 51.2 cm³/mol. The lowest BCUT2D eigenvalue weighted by Gasteiger charge is -2.35. The van der Waals surface area contributed by atoms with Crippen LogP contribution in [0.2, 0.25) is 0 Å². The van der Waals surface area contributed by atoms with Crippen molar-refractivity contribution in [3.63, 3.8) is 0 Å². The van der Waals surface area contributed by atoms with Crippen molar-refractivity contribution in [2.75, 3.05) is 0 Å². The lowest BCUT2D eigenvalue weighted by Crippen LogP contribution is -2.42. The van der Waals surface area contributed by atoms with Crippen LogP contribution >= 0.6 is 0 Å². The third-order valence-corrected chi connectivity index (χ3v) is 3.04. The van der Waals surface area contributed by atoms with Gasteiger partial charge in [-0.25, -0.2) is 0 Å². The van der Waals surface area contributed by atoms with Crippen LogP contribution in [0.4, 0.5) is 0 Å². The zero-order chi connectivity index (χ0) is 11.4. The molecule has 0 aromatic rings. The topological polar surface area (TPSA) is 86.8 Å². The Morgan fingerprint density at radius 3 is 2.47 bits per heavy atom. The van der Waals surface area contributed by atoms with E-state index in [1.165, 1.54) is 13.8 Å². The molecule has 2 unspecified atom stereocenters. The lowest BCUT2D eigenvalue weighted by atomic mass is 9.97. The summed E-state index contributed by atoms with van der Waals surface area (Å²) in [7, 11) is 0. The maximum Gasteiger partial charge on any atom is 0.284 e. The number of aliphatic hydroxyl groups excluding tert-OH is 2. The smallest absolute Gasteiger partial charge is 0.284 e. The summed E-state index contributed by atoms with van der Waals surface area (Å²) in [6, 6.07) is 0. The molecular weight excluding hydrogens is 200 g/mol. The van der Waals surface area contributed by atoms with E-state index in [1.807, 2.05) is 0 Å². The molecule has 15 heavy (non-hydrogen) atoms. The Kier molecular flexibility index (Phi) is 2.11. The van der Waals surface area contributed by atoms with Gasteiger partial charge in [0.25, 0.3) is 11.4 Å². The second-order valence-corrected chi connectivity index (χ2v) is 4.46. The molecule has 0 radical (unpaired) electrons. The first-order valence-corrected chi connectivity index (χ1v) is 4.92. The molecule has 0 aromatic heterocycles. The summed E-state index contributed by atoms with van der Waals surface area (Å²) >= 11 is 0. The Labute approximate surface area is 87.0 Å². The van der Waals surface area contributed by atoms with E-state index >= 15 is 0 Å². The van der Waals surface area contributed by atoms with Crippen LogP contribution in [-0.2, 0) is 0 Å². The molecule has 2 aliphatic rings. The number of hydrogen-bond acceptors (Lipinski definition) is 5. The van der Waals surface area contributed by atoms with Gasteiger partial charge < -0.3 is 20.5 Å². The van der Waals surface area contributed by atoms with Crippen molar-refractivity contribution in [1.29, 1.82) is 0 Å². The number of nitroso groups, excluding NO2 is 1. The molecule has 1 aliphatic carbocycles. The second kappa shape index (κ2) is 3.01. The summed E-state index contributed by atoms with van der Waals surface area (Å²) in [6.45, 7) is 2.93. The maximum absolute atomic E-state index is 11.8. The van der Waals surface area contributed by atoms with E-state index < -0.39 is 17.9 Å². The highest BCUT2D eigenvalue weighted by atomic mass is 16.5. The predicted octanol–water partition coefficient (Wildman–Crippen LogP) is 0.0420. The minimum atomic E-state index is -1.28. The van der Waals surface area contributed by atoms with E-state index in [0.29, 0.717) is 22.7 Å². The van der Waals surface area contributed by atoms with Crippen molar-refractivity contribution in [2.24, 2.45) is 0 Å². The molecule has 6 nitrogen and oxygen atoms in total. The molecule has 1 heterocycles. The van der Waals surface area contributed by atoms with Crippen molar-refractivity contribution in [2.45, 2.75) is 44.6 Å². The average Bonchev–Trinajstić information content (AvgIpc) is 2.35. The molecule has 2 N–H and O–H groups in total. The first-order valence-electron chi connectivity index (χ1n) is 4.92. The van der Waals surface area contributed by atoms with Crippen molar-refractivity contribution < 1.29 is 15.0 Å². The molecule has 0 aromatic carbocycles. The Bertz CT molecular complexity index is 350. The van der Waals surface area contributed by atoms with Crippen LogP contribution in [0.25, 0.3) is 0 Å². The largest absolute Gasteiger partial charge is 0.753 e. The average molecular weight is 214 g/mol. The molecule has 2 atom stereocenters. The quantitative estimate of drug-likeness (QED) is 0.556. The van der Waals surface area contributed by atoms with Gasteiger partial charge in [-0.1, -0.05) is 0 Å². The van der Waals surface area contributed by atoms with Crippen LogP contribution in [-0.4, -0.2) is 37.9 Å². The van der Waals surface area contributed by atoms with Gasteiger partial charge in [0.05, 0.1) is 10.9 Å². The fourth-order valence-corrected chi connectivity index (χ4v) is 2.08. The van der Waals surface area contributed by atoms with E-state index in [9.17, 15) is 20.3 Å². The Balaban J connectivity index is 2.52. The van der Waals surface area contributed by atoms with Gasteiger partial charge in [-0.05, 0) is 12.8 Å². The lowest BCUT2D eigenvalue weighted by molar-refractivity contribution is -0.590. The minimum Gasteiger partial charge on any atom is -0.753 e. The molecule has 84 valence electrons. The standard InChI is InChI=1S/C9H14N2O4/c1-9(2)10(14)7-5(12)3-4-6(13)8(7)11(9)15/h5-6,12-13H,3-4H2,1-2H3. The van der Waals surface area contributed by atoms with Gasteiger partial charge in [0.1, 0.15) is 11.8 Å². The number of hydrogen-bond donors (Lipinski definition) is 2. The summed E-state index contributed by atoms with van der Waals surface area (Å²) < 4.78 is 0.502. The maximum atomic E-state index is 11.8. The normalized spacial score (nSPS) is 34.7. The summed E-state index contributed by atoms with van der Waals surface area (Å²) in [5.74, 6) is 0. The fraction of sp³-hybridized carbons (Fsp3) is 0.778. The third kappa shape index (κ3) is 1.22. The highest BCUT2D eigenvalue weighted by molar-refractivity contribution is 5.24. The van der Waals surface area contributed by atoms with Crippen LogP contribution in [0.5, 0.6) is 0 Å². The van der Waals surface area contributed by atoms with E-state index in [1.54, 1.807) is 0 Å². The molecule has 6 heteroatoms. The first-order chi connectivity index (χ1) is 6.87. The Hall–Kier alpha value is -0.980. The molecule has 0 fully saturated rings. The molecule has 0 spiro atoms. The number of aliphatic hydroxyl groups is 2. The van der Waals surface area contributed by atoms with Crippen LogP contribution in [0.1, 0.15) is 26.7 Å². The number of hydroxylamine groups is 2.